The van der Waals surface area contributed by atoms with Gasteiger partial charge in [-0.3, -0.25) is 4.79 Å². The Morgan fingerprint density at radius 3 is 2.68 bits per heavy atom. The predicted molar refractivity (Wildman–Crippen MR) is 95.3 cm³/mol. The number of amides is 2. The zero-order valence-corrected chi connectivity index (χ0v) is 13.7. The molecular formula is C19H20N2O4. The number of hydrogen-bond acceptors (Lipinski definition) is 3. The minimum atomic E-state index is -0.840. The van der Waals surface area contributed by atoms with E-state index < -0.39 is 5.97 Å². The van der Waals surface area contributed by atoms with Crippen LogP contribution in [0.2, 0.25) is 0 Å². The van der Waals surface area contributed by atoms with Crippen LogP contribution in [-0.4, -0.2) is 23.7 Å². The van der Waals surface area contributed by atoms with Crippen molar-refractivity contribution in [2.24, 2.45) is 0 Å². The lowest BCUT2D eigenvalue weighted by Gasteiger charge is -2.18. The first-order valence-corrected chi connectivity index (χ1v) is 8.24. The smallest absolute Gasteiger partial charge is 0.323 e. The topological polar surface area (TPSA) is 87.7 Å². The highest BCUT2D eigenvalue weighted by Gasteiger charge is 2.11. The maximum absolute atomic E-state index is 12.2. The van der Waals surface area contributed by atoms with E-state index in [1.165, 1.54) is 0 Å². The first kappa shape index (κ1) is 16.8. The molecule has 1 heterocycles. The van der Waals surface area contributed by atoms with E-state index in [9.17, 15) is 9.59 Å². The molecular weight excluding hydrogens is 320 g/mol. The molecule has 0 fully saturated rings. The number of carbonyl (C=O) groups is 2. The van der Waals surface area contributed by atoms with Crippen molar-refractivity contribution in [3.05, 3.63) is 53.6 Å². The number of ether oxygens (including phenoxy) is 1. The number of anilines is 2. The van der Waals surface area contributed by atoms with Gasteiger partial charge in [-0.1, -0.05) is 12.1 Å². The van der Waals surface area contributed by atoms with Crippen molar-refractivity contribution in [1.82, 2.24) is 0 Å². The number of rotatable bonds is 5. The molecule has 6 nitrogen and oxygen atoms in total. The van der Waals surface area contributed by atoms with Crippen LogP contribution in [0, 0.1) is 0 Å². The number of aryl methyl sites for hydroxylation is 2. The summed E-state index contributed by atoms with van der Waals surface area (Å²) in [5.74, 6) is 0.0378. The molecule has 2 aromatic rings. The molecule has 0 atom stereocenters. The number of carbonyl (C=O) groups excluding carboxylic acids is 1. The molecule has 2 aromatic carbocycles. The van der Waals surface area contributed by atoms with E-state index in [1.807, 2.05) is 24.3 Å². The quantitative estimate of drug-likeness (QED) is 0.775. The molecule has 6 heteroatoms. The third-order valence-corrected chi connectivity index (χ3v) is 3.98. The van der Waals surface area contributed by atoms with Crippen LogP contribution in [0.4, 0.5) is 16.2 Å². The highest BCUT2D eigenvalue weighted by molar-refractivity contribution is 5.99. The van der Waals surface area contributed by atoms with Crippen LogP contribution < -0.4 is 15.4 Å². The number of urea groups is 1. The lowest BCUT2D eigenvalue weighted by molar-refractivity contribution is -0.136. The summed E-state index contributed by atoms with van der Waals surface area (Å²) in [4.78, 5) is 22.8. The number of aliphatic carboxylic acids is 1. The van der Waals surface area contributed by atoms with E-state index in [-0.39, 0.29) is 12.5 Å². The summed E-state index contributed by atoms with van der Waals surface area (Å²) in [5.41, 5.74) is 3.30. The number of carboxylic acid groups (broad SMARTS) is 1. The summed E-state index contributed by atoms with van der Waals surface area (Å²) in [6.45, 7) is 0.735. The van der Waals surface area contributed by atoms with Gasteiger partial charge in [0.1, 0.15) is 5.75 Å². The van der Waals surface area contributed by atoms with E-state index >= 15 is 0 Å². The van der Waals surface area contributed by atoms with Crippen LogP contribution in [0.15, 0.2) is 42.5 Å². The van der Waals surface area contributed by atoms with Crippen molar-refractivity contribution < 1.29 is 19.4 Å². The highest BCUT2D eigenvalue weighted by atomic mass is 16.5. The summed E-state index contributed by atoms with van der Waals surface area (Å²) in [7, 11) is 0. The molecule has 130 valence electrons. The van der Waals surface area contributed by atoms with Crippen LogP contribution in [0.1, 0.15) is 24.0 Å². The third kappa shape index (κ3) is 4.73. The molecule has 1 aliphatic heterocycles. The molecule has 0 saturated carbocycles. The largest absolute Gasteiger partial charge is 0.493 e. The molecule has 2 amide bonds. The number of benzene rings is 2. The van der Waals surface area contributed by atoms with Gasteiger partial charge < -0.3 is 20.5 Å². The Hall–Kier alpha value is -3.02. The molecule has 3 rings (SSSR count). The average molecular weight is 340 g/mol. The van der Waals surface area contributed by atoms with Gasteiger partial charge in [0, 0.05) is 17.8 Å². The Kier molecular flexibility index (Phi) is 5.18. The van der Waals surface area contributed by atoms with Gasteiger partial charge in [-0.2, -0.15) is 0 Å². The fourth-order valence-electron chi connectivity index (χ4n) is 2.79. The van der Waals surface area contributed by atoms with Crippen molar-refractivity contribution in [3.8, 4) is 5.75 Å². The van der Waals surface area contributed by atoms with Gasteiger partial charge in [0.05, 0.1) is 6.61 Å². The van der Waals surface area contributed by atoms with Gasteiger partial charge in [0.15, 0.2) is 0 Å². The van der Waals surface area contributed by atoms with E-state index in [4.69, 9.17) is 9.84 Å². The molecule has 0 saturated heterocycles. The van der Waals surface area contributed by atoms with Crippen molar-refractivity contribution >= 4 is 23.4 Å². The molecule has 3 N–H and O–H groups in total. The Balaban J connectivity index is 1.61. The number of hydrogen-bond donors (Lipinski definition) is 3. The summed E-state index contributed by atoms with van der Waals surface area (Å²) >= 11 is 0. The summed E-state index contributed by atoms with van der Waals surface area (Å²) in [6.07, 6.45) is 2.41. The van der Waals surface area contributed by atoms with Crippen LogP contribution in [0.5, 0.6) is 5.75 Å². The van der Waals surface area contributed by atoms with E-state index in [2.05, 4.69) is 10.6 Å². The van der Waals surface area contributed by atoms with Crippen molar-refractivity contribution in [1.29, 1.82) is 0 Å². The predicted octanol–water partition coefficient (Wildman–Crippen LogP) is 3.67. The second-order valence-corrected chi connectivity index (χ2v) is 5.95. The monoisotopic (exact) mass is 340 g/mol. The fraction of sp³-hybridized carbons (Fsp3) is 0.263. The van der Waals surface area contributed by atoms with Crippen molar-refractivity contribution in [3.63, 3.8) is 0 Å². The van der Waals surface area contributed by atoms with Gasteiger partial charge in [0.25, 0.3) is 0 Å². The molecule has 0 spiro atoms. The Labute approximate surface area is 145 Å². The normalized spacial score (nSPS) is 12.6. The molecule has 0 aliphatic carbocycles. The first-order chi connectivity index (χ1) is 12.1. The van der Waals surface area contributed by atoms with Gasteiger partial charge in [0.2, 0.25) is 0 Å². The molecule has 0 unspecified atom stereocenters. The zero-order valence-electron chi connectivity index (χ0n) is 13.7. The molecule has 0 bridgehead atoms. The minimum Gasteiger partial charge on any atom is -0.493 e. The van der Waals surface area contributed by atoms with Crippen molar-refractivity contribution in [2.45, 2.75) is 25.7 Å². The second-order valence-electron chi connectivity index (χ2n) is 5.95. The minimum absolute atomic E-state index is 0.0623. The fourth-order valence-corrected chi connectivity index (χ4v) is 2.79. The first-order valence-electron chi connectivity index (χ1n) is 8.24. The molecule has 25 heavy (non-hydrogen) atoms. The summed E-state index contributed by atoms with van der Waals surface area (Å²) in [6, 6.07) is 12.5. The van der Waals surface area contributed by atoms with Crippen LogP contribution >= 0.6 is 0 Å². The Bertz CT molecular complexity index is 789. The average Bonchev–Trinajstić information content (AvgIpc) is 2.60. The van der Waals surface area contributed by atoms with Gasteiger partial charge in [-0.15, -0.1) is 0 Å². The van der Waals surface area contributed by atoms with E-state index in [1.54, 1.807) is 18.2 Å². The lowest BCUT2D eigenvalue weighted by Crippen LogP contribution is -2.20. The summed E-state index contributed by atoms with van der Waals surface area (Å²) < 4.78 is 5.56. The SMILES string of the molecule is O=C(O)CCc1cccc(NC(=O)Nc2ccc3c(c2)CCCO3)c1. The Morgan fingerprint density at radius 1 is 1.08 bits per heavy atom. The molecule has 0 aromatic heterocycles. The standard InChI is InChI=1S/C19H20N2O4/c22-18(23)9-6-13-3-1-5-15(11-13)20-19(24)21-16-7-8-17-14(12-16)4-2-10-25-17/h1,3,5,7-8,11-12H,2,4,6,9-10H2,(H,22,23)(H2,20,21,24). The third-order valence-electron chi connectivity index (χ3n) is 3.98. The maximum Gasteiger partial charge on any atom is 0.323 e. The van der Waals surface area contributed by atoms with Crippen LogP contribution in [-0.2, 0) is 17.6 Å². The molecule has 1 aliphatic rings. The number of carboxylic acids is 1. The number of nitrogens with one attached hydrogen (secondary N) is 2. The van der Waals surface area contributed by atoms with E-state index in [0.717, 1.165) is 36.3 Å². The van der Waals surface area contributed by atoms with Gasteiger partial charge in [-0.25, -0.2) is 4.79 Å². The van der Waals surface area contributed by atoms with Gasteiger partial charge >= 0.3 is 12.0 Å². The molecule has 0 radical (unpaired) electrons. The highest BCUT2D eigenvalue weighted by Crippen LogP contribution is 2.27. The second kappa shape index (κ2) is 7.70. The maximum atomic E-state index is 12.2. The van der Waals surface area contributed by atoms with Crippen molar-refractivity contribution in [2.75, 3.05) is 17.2 Å². The number of fused-ring (bicyclic) bond motifs is 1. The zero-order chi connectivity index (χ0) is 17.6. The summed E-state index contributed by atoms with van der Waals surface area (Å²) in [5, 5.41) is 14.3. The van der Waals surface area contributed by atoms with Crippen LogP contribution in [0.3, 0.4) is 0 Å². The van der Waals surface area contributed by atoms with E-state index in [0.29, 0.717) is 17.8 Å². The van der Waals surface area contributed by atoms with Gasteiger partial charge in [-0.05, 0) is 60.7 Å². The van der Waals surface area contributed by atoms with Crippen LogP contribution in [0.25, 0.3) is 0 Å². The Morgan fingerprint density at radius 2 is 1.88 bits per heavy atom. The lowest BCUT2D eigenvalue weighted by atomic mass is 10.1.